The van der Waals surface area contributed by atoms with Crippen molar-refractivity contribution in [1.29, 1.82) is 0 Å². The van der Waals surface area contributed by atoms with Crippen LogP contribution in [0.1, 0.15) is 47.4 Å². The molecule has 0 bridgehead atoms. The SMILES string of the molecule is Cc1nc2c(-c3ccccc3)c(C)[nH]n2c(=O)c1C(=O)N[C@@H]1CCCC[C@H]1N. The van der Waals surface area contributed by atoms with Gasteiger partial charge >= 0.3 is 0 Å². The molecule has 0 unspecified atom stereocenters. The van der Waals surface area contributed by atoms with Gasteiger partial charge in [-0.15, -0.1) is 0 Å². The Morgan fingerprint density at radius 2 is 1.93 bits per heavy atom. The molecule has 2 atom stereocenters. The lowest BCUT2D eigenvalue weighted by Crippen LogP contribution is -2.50. The van der Waals surface area contributed by atoms with E-state index in [0.29, 0.717) is 11.3 Å². The molecule has 2 aromatic heterocycles. The number of nitrogens with two attached hydrogens (primary N) is 1. The number of fused-ring (bicyclic) bond motifs is 1. The van der Waals surface area contributed by atoms with Crippen LogP contribution in [0.3, 0.4) is 0 Å². The number of nitrogens with one attached hydrogen (secondary N) is 2. The van der Waals surface area contributed by atoms with Crippen molar-refractivity contribution in [3.8, 4) is 11.1 Å². The predicted octanol–water partition coefficient (Wildman–Crippen LogP) is 2.31. The molecule has 1 fully saturated rings. The first-order valence-electron chi connectivity index (χ1n) is 9.71. The molecule has 28 heavy (non-hydrogen) atoms. The fourth-order valence-corrected chi connectivity index (χ4v) is 4.08. The van der Waals surface area contributed by atoms with E-state index in [1.165, 1.54) is 4.52 Å². The summed E-state index contributed by atoms with van der Waals surface area (Å²) in [7, 11) is 0. The maximum atomic E-state index is 13.1. The quantitative estimate of drug-likeness (QED) is 0.649. The average Bonchev–Trinajstić information content (AvgIpc) is 3.00. The standard InChI is InChI=1S/C21H25N5O2/c1-12-18(20(27)24-16-11-7-6-10-15(16)22)21(28)26-19(23-12)17(13(2)25-26)14-8-4-3-5-9-14/h3-5,8-9,15-16,25H,6-7,10-11,22H2,1-2H3,(H,24,27)/t15-,16-/m1/s1. The van der Waals surface area contributed by atoms with Gasteiger partial charge in [0.2, 0.25) is 0 Å². The topological polar surface area (TPSA) is 105 Å². The number of carbonyl (C=O) groups is 1. The highest BCUT2D eigenvalue weighted by atomic mass is 16.2. The summed E-state index contributed by atoms with van der Waals surface area (Å²) in [6, 6.07) is 9.60. The summed E-state index contributed by atoms with van der Waals surface area (Å²) in [6.45, 7) is 3.60. The number of nitrogens with zero attached hydrogens (tertiary/aromatic N) is 2. The van der Waals surface area contributed by atoms with Crippen LogP contribution >= 0.6 is 0 Å². The van der Waals surface area contributed by atoms with Crippen molar-refractivity contribution in [3.05, 3.63) is 57.6 Å². The number of hydrogen-bond acceptors (Lipinski definition) is 4. The summed E-state index contributed by atoms with van der Waals surface area (Å²) < 4.78 is 1.36. The number of H-pyrrole nitrogens is 1. The van der Waals surface area contributed by atoms with Gasteiger partial charge in [0.15, 0.2) is 5.65 Å². The summed E-state index contributed by atoms with van der Waals surface area (Å²) in [5, 5.41) is 6.02. The summed E-state index contributed by atoms with van der Waals surface area (Å²) in [5.41, 5.74) is 9.41. The molecule has 1 saturated carbocycles. The van der Waals surface area contributed by atoms with Gasteiger partial charge in [0.1, 0.15) is 5.56 Å². The summed E-state index contributed by atoms with van der Waals surface area (Å²) >= 11 is 0. The second-order valence-electron chi connectivity index (χ2n) is 7.54. The smallest absolute Gasteiger partial charge is 0.285 e. The van der Waals surface area contributed by atoms with Crippen LogP contribution in [0.15, 0.2) is 35.1 Å². The van der Waals surface area contributed by atoms with Crippen LogP contribution in [0.2, 0.25) is 0 Å². The van der Waals surface area contributed by atoms with Crippen molar-refractivity contribution in [1.82, 2.24) is 19.9 Å². The molecule has 1 amide bonds. The monoisotopic (exact) mass is 379 g/mol. The third-order valence-electron chi connectivity index (χ3n) is 5.57. The molecule has 7 nitrogen and oxygen atoms in total. The lowest BCUT2D eigenvalue weighted by molar-refractivity contribution is 0.0918. The molecule has 0 saturated heterocycles. The van der Waals surface area contributed by atoms with Gasteiger partial charge in [-0.2, -0.15) is 0 Å². The minimum absolute atomic E-state index is 0.0659. The number of amides is 1. The van der Waals surface area contributed by atoms with E-state index in [9.17, 15) is 9.59 Å². The zero-order valence-electron chi connectivity index (χ0n) is 16.2. The van der Waals surface area contributed by atoms with Gasteiger partial charge < -0.3 is 11.1 Å². The lowest BCUT2D eigenvalue weighted by atomic mass is 9.91. The molecule has 0 radical (unpaired) electrons. The second kappa shape index (κ2) is 7.24. The molecule has 4 rings (SSSR count). The highest BCUT2D eigenvalue weighted by molar-refractivity contribution is 5.95. The Bertz CT molecular complexity index is 1080. The van der Waals surface area contributed by atoms with Crippen LogP contribution in [0.4, 0.5) is 0 Å². The Kier molecular flexibility index (Phi) is 4.77. The van der Waals surface area contributed by atoms with Crippen molar-refractivity contribution in [2.75, 3.05) is 0 Å². The predicted molar refractivity (Wildman–Crippen MR) is 108 cm³/mol. The first kappa shape index (κ1) is 18.4. The highest BCUT2D eigenvalue weighted by Crippen LogP contribution is 2.26. The normalized spacial score (nSPS) is 19.7. The Morgan fingerprint density at radius 1 is 1.21 bits per heavy atom. The van der Waals surface area contributed by atoms with Crippen LogP contribution in [-0.4, -0.2) is 32.6 Å². The zero-order chi connectivity index (χ0) is 19.8. The van der Waals surface area contributed by atoms with Crippen molar-refractivity contribution >= 4 is 11.6 Å². The molecule has 0 spiro atoms. The molecular weight excluding hydrogens is 354 g/mol. The first-order valence-corrected chi connectivity index (χ1v) is 9.71. The minimum Gasteiger partial charge on any atom is -0.348 e. The number of aromatic amines is 1. The average molecular weight is 379 g/mol. The van der Waals surface area contributed by atoms with Crippen LogP contribution in [0, 0.1) is 13.8 Å². The number of carbonyl (C=O) groups excluding carboxylic acids is 1. The molecule has 4 N–H and O–H groups in total. The third kappa shape index (κ3) is 3.11. The van der Waals surface area contributed by atoms with Crippen molar-refractivity contribution in [2.45, 2.75) is 51.6 Å². The molecule has 0 aliphatic heterocycles. The van der Waals surface area contributed by atoms with Crippen LogP contribution in [0.5, 0.6) is 0 Å². The number of hydrogen-bond donors (Lipinski definition) is 3. The molecule has 1 aliphatic rings. The van der Waals surface area contributed by atoms with Gasteiger partial charge in [-0.3, -0.25) is 14.7 Å². The van der Waals surface area contributed by atoms with Crippen LogP contribution in [-0.2, 0) is 0 Å². The van der Waals surface area contributed by atoms with E-state index in [0.717, 1.165) is 42.5 Å². The summed E-state index contributed by atoms with van der Waals surface area (Å²) in [6.07, 6.45) is 3.83. The number of aryl methyl sites for hydroxylation is 2. The zero-order valence-corrected chi connectivity index (χ0v) is 16.2. The van der Waals surface area contributed by atoms with Gasteiger partial charge in [0.05, 0.1) is 5.69 Å². The van der Waals surface area contributed by atoms with Gasteiger partial charge in [-0.1, -0.05) is 43.2 Å². The first-order chi connectivity index (χ1) is 13.5. The summed E-state index contributed by atoms with van der Waals surface area (Å²) in [4.78, 5) is 30.6. The van der Waals surface area contributed by atoms with E-state index in [1.807, 2.05) is 37.3 Å². The van der Waals surface area contributed by atoms with E-state index in [4.69, 9.17) is 5.73 Å². The van der Waals surface area contributed by atoms with Gasteiger partial charge in [-0.05, 0) is 32.3 Å². The maximum Gasteiger partial charge on any atom is 0.285 e. The van der Waals surface area contributed by atoms with E-state index in [2.05, 4.69) is 15.4 Å². The van der Waals surface area contributed by atoms with Crippen molar-refractivity contribution in [2.24, 2.45) is 5.73 Å². The largest absolute Gasteiger partial charge is 0.348 e. The van der Waals surface area contributed by atoms with Crippen LogP contribution < -0.4 is 16.6 Å². The lowest BCUT2D eigenvalue weighted by Gasteiger charge is -2.29. The third-order valence-corrected chi connectivity index (χ3v) is 5.57. The van der Waals surface area contributed by atoms with E-state index in [-0.39, 0.29) is 17.6 Å². The fraction of sp³-hybridized carbons (Fsp3) is 0.381. The number of aromatic nitrogens is 3. The van der Waals surface area contributed by atoms with E-state index < -0.39 is 11.5 Å². The number of benzene rings is 1. The molecule has 3 aromatic rings. The molecule has 1 aliphatic carbocycles. The summed E-state index contributed by atoms with van der Waals surface area (Å²) in [5.74, 6) is -0.403. The Balaban J connectivity index is 1.77. The van der Waals surface area contributed by atoms with Gasteiger partial charge in [0.25, 0.3) is 11.5 Å². The molecule has 7 heteroatoms. The Morgan fingerprint density at radius 3 is 2.64 bits per heavy atom. The minimum atomic E-state index is -0.403. The fourth-order valence-electron chi connectivity index (χ4n) is 4.08. The maximum absolute atomic E-state index is 13.1. The van der Waals surface area contributed by atoms with Crippen LogP contribution in [0.25, 0.3) is 16.8 Å². The molecular formula is C21H25N5O2. The Labute approximate surface area is 163 Å². The van der Waals surface area contributed by atoms with E-state index >= 15 is 0 Å². The number of rotatable bonds is 3. The second-order valence-corrected chi connectivity index (χ2v) is 7.54. The Hall–Kier alpha value is -2.93. The highest BCUT2D eigenvalue weighted by Gasteiger charge is 2.27. The van der Waals surface area contributed by atoms with Crippen molar-refractivity contribution < 1.29 is 4.79 Å². The van der Waals surface area contributed by atoms with Gasteiger partial charge in [0, 0.05) is 23.3 Å². The molecule has 1 aromatic carbocycles. The molecule has 2 heterocycles. The molecule has 146 valence electrons. The van der Waals surface area contributed by atoms with E-state index in [1.54, 1.807) is 6.92 Å². The van der Waals surface area contributed by atoms with Gasteiger partial charge in [-0.25, -0.2) is 9.50 Å². The van der Waals surface area contributed by atoms with Crippen molar-refractivity contribution in [3.63, 3.8) is 0 Å².